The molecule has 0 aromatic heterocycles. The van der Waals surface area contributed by atoms with Gasteiger partial charge in [0.1, 0.15) is 0 Å². The smallest absolute Gasteiger partial charge is 0.191 e. The number of hydrogen-bond acceptors (Lipinski definition) is 3. The van der Waals surface area contributed by atoms with Crippen molar-refractivity contribution >= 4 is 5.96 Å². The molecule has 0 saturated carbocycles. The quantitative estimate of drug-likeness (QED) is 0.530. The lowest BCUT2D eigenvalue weighted by atomic mass is 9.84. The van der Waals surface area contributed by atoms with Crippen LogP contribution in [0.25, 0.3) is 0 Å². The van der Waals surface area contributed by atoms with Gasteiger partial charge in [-0.1, -0.05) is 29.8 Å². The Kier molecular flexibility index (Phi) is 6.86. The van der Waals surface area contributed by atoms with Crippen molar-refractivity contribution in [1.29, 1.82) is 0 Å². The molecule has 0 spiro atoms. The van der Waals surface area contributed by atoms with Crippen LogP contribution in [-0.4, -0.2) is 44.0 Å². The van der Waals surface area contributed by atoms with Crippen LogP contribution in [0.15, 0.2) is 29.3 Å². The first-order valence-electron chi connectivity index (χ1n) is 8.44. The van der Waals surface area contributed by atoms with E-state index in [0.29, 0.717) is 13.2 Å². The molecule has 1 saturated heterocycles. The van der Waals surface area contributed by atoms with Crippen LogP contribution in [0.5, 0.6) is 0 Å². The summed E-state index contributed by atoms with van der Waals surface area (Å²) in [5, 5.41) is 16.0. The molecule has 0 aliphatic carbocycles. The van der Waals surface area contributed by atoms with Crippen LogP contribution < -0.4 is 10.6 Å². The number of rotatable bonds is 7. The molecule has 23 heavy (non-hydrogen) atoms. The zero-order valence-corrected chi connectivity index (χ0v) is 14.3. The average Bonchev–Trinajstić information content (AvgIpc) is 3.01. The highest BCUT2D eigenvalue weighted by Crippen LogP contribution is 2.31. The van der Waals surface area contributed by atoms with Gasteiger partial charge in [0.25, 0.3) is 0 Å². The highest BCUT2D eigenvalue weighted by Gasteiger charge is 2.34. The molecule has 3 N–H and O–H groups in total. The summed E-state index contributed by atoms with van der Waals surface area (Å²) in [6.45, 7) is 8.07. The summed E-state index contributed by atoms with van der Waals surface area (Å²) >= 11 is 0. The second-order valence-electron chi connectivity index (χ2n) is 6.31. The minimum absolute atomic E-state index is 0.0226. The lowest BCUT2D eigenvalue weighted by Gasteiger charge is -2.27. The van der Waals surface area contributed by atoms with Crippen molar-refractivity contribution in [3.05, 3.63) is 35.4 Å². The predicted molar refractivity (Wildman–Crippen MR) is 93.6 cm³/mol. The van der Waals surface area contributed by atoms with Crippen molar-refractivity contribution in [2.45, 2.75) is 33.2 Å². The first-order chi connectivity index (χ1) is 11.2. The number of aliphatic hydroxyl groups excluding tert-OH is 1. The highest BCUT2D eigenvalue weighted by atomic mass is 16.5. The highest BCUT2D eigenvalue weighted by molar-refractivity contribution is 5.79. The van der Waals surface area contributed by atoms with Gasteiger partial charge in [0.2, 0.25) is 0 Å². The third-order valence-electron chi connectivity index (χ3n) is 4.34. The maximum Gasteiger partial charge on any atom is 0.191 e. The fraction of sp³-hybridized carbons (Fsp3) is 0.611. The summed E-state index contributed by atoms with van der Waals surface area (Å²) in [6, 6.07) is 8.44. The molecule has 5 nitrogen and oxygen atoms in total. The third-order valence-corrected chi connectivity index (χ3v) is 4.34. The van der Waals surface area contributed by atoms with Gasteiger partial charge in [0.05, 0.1) is 13.2 Å². The van der Waals surface area contributed by atoms with Crippen molar-refractivity contribution in [3.8, 4) is 0 Å². The minimum Gasteiger partial charge on any atom is -0.396 e. The van der Waals surface area contributed by atoms with E-state index in [1.807, 2.05) is 0 Å². The number of ether oxygens (including phenoxy) is 1. The summed E-state index contributed by atoms with van der Waals surface area (Å²) in [4.78, 5) is 4.66. The van der Waals surface area contributed by atoms with Gasteiger partial charge in [0, 0.05) is 31.7 Å². The fourth-order valence-corrected chi connectivity index (χ4v) is 2.79. The van der Waals surface area contributed by atoms with Gasteiger partial charge in [-0.3, -0.25) is 0 Å². The Morgan fingerprint density at radius 2 is 2.09 bits per heavy atom. The predicted octanol–water partition coefficient (Wildman–Crippen LogP) is 1.84. The Balaban J connectivity index is 1.94. The van der Waals surface area contributed by atoms with Crippen LogP contribution in [0.4, 0.5) is 0 Å². The standard InChI is InChI=1S/C18H29N3O2/c1-3-19-17(20-12-16-6-4-15(2)5-7-16)21-13-18(8-10-22)9-11-23-14-18/h4-7,22H,3,8-14H2,1-2H3,(H2,19,20,21). The Morgan fingerprint density at radius 1 is 1.30 bits per heavy atom. The Morgan fingerprint density at radius 3 is 2.70 bits per heavy atom. The molecule has 0 amide bonds. The second kappa shape index (κ2) is 8.89. The van der Waals surface area contributed by atoms with E-state index >= 15 is 0 Å². The number of benzene rings is 1. The molecule has 1 atom stereocenters. The van der Waals surface area contributed by atoms with E-state index < -0.39 is 0 Å². The number of nitrogens with zero attached hydrogens (tertiary/aromatic N) is 1. The number of aliphatic imine (C=N–C) groups is 1. The zero-order valence-electron chi connectivity index (χ0n) is 14.3. The lowest BCUT2D eigenvalue weighted by Crippen LogP contribution is -2.44. The van der Waals surface area contributed by atoms with E-state index in [1.54, 1.807) is 0 Å². The molecule has 1 aromatic carbocycles. The molecule has 0 bridgehead atoms. The Hall–Kier alpha value is -1.59. The van der Waals surface area contributed by atoms with Crippen LogP contribution in [0.2, 0.25) is 0 Å². The van der Waals surface area contributed by atoms with Gasteiger partial charge in [-0.2, -0.15) is 0 Å². The summed E-state index contributed by atoms with van der Waals surface area (Å²) in [5.74, 6) is 0.817. The van der Waals surface area contributed by atoms with E-state index in [1.165, 1.54) is 11.1 Å². The molecular weight excluding hydrogens is 290 g/mol. The van der Waals surface area contributed by atoms with E-state index in [2.05, 4.69) is 53.7 Å². The number of guanidine groups is 1. The zero-order chi connectivity index (χ0) is 16.5. The summed E-state index contributed by atoms with van der Waals surface area (Å²) in [5.41, 5.74) is 2.48. The van der Waals surface area contributed by atoms with Crippen LogP contribution in [0, 0.1) is 12.3 Å². The van der Waals surface area contributed by atoms with E-state index in [0.717, 1.165) is 38.5 Å². The largest absolute Gasteiger partial charge is 0.396 e. The summed E-state index contributed by atoms with van der Waals surface area (Å²) < 4.78 is 5.53. The number of hydrogen-bond donors (Lipinski definition) is 3. The maximum atomic E-state index is 9.31. The minimum atomic E-state index is 0.0226. The van der Waals surface area contributed by atoms with Crippen LogP contribution in [-0.2, 0) is 11.3 Å². The van der Waals surface area contributed by atoms with Crippen molar-refractivity contribution in [2.24, 2.45) is 10.4 Å². The van der Waals surface area contributed by atoms with Gasteiger partial charge >= 0.3 is 0 Å². The summed E-state index contributed by atoms with van der Waals surface area (Å²) in [7, 11) is 0. The summed E-state index contributed by atoms with van der Waals surface area (Å²) in [6.07, 6.45) is 1.75. The molecule has 1 heterocycles. The number of aryl methyl sites for hydroxylation is 1. The van der Waals surface area contributed by atoms with Crippen LogP contribution >= 0.6 is 0 Å². The molecule has 128 valence electrons. The first kappa shape index (κ1) is 17.8. The molecule has 1 unspecified atom stereocenters. The number of nitrogens with one attached hydrogen (secondary N) is 2. The monoisotopic (exact) mass is 319 g/mol. The second-order valence-corrected chi connectivity index (χ2v) is 6.31. The van der Waals surface area contributed by atoms with Gasteiger partial charge in [-0.25, -0.2) is 4.99 Å². The molecule has 1 aromatic rings. The van der Waals surface area contributed by atoms with Crippen molar-refractivity contribution in [2.75, 3.05) is 32.9 Å². The number of aliphatic hydroxyl groups is 1. The van der Waals surface area contributed by atoms with Gasteiger partial charge in [-0.05, 0) is 32.3 Å². The van der Waals surface area contributed by atoms with E-state index in [9.17, 15) is 5.11 Å². The first-order valence-corrected chi connectivity index (χ1v) is 8.44. The molecule has 1 fully saturated rings. The van der Waals surface area contributed by atoms with Gasteiger partial charge < -0.3 is 20.5 Å². The van der Waals surface area contributed by atoms with Crippen molar-refractivity contribution < 1.29 is 9.84 Å². The van der Waals surface area contributed by atoms with E-state index in [4.69, 9.17) is 4.74 Å². The SMILES string of the molecule is CCNC(=NCc1ccc(C)cc1)NCC1(CCO)CCOC1. The third kappa shape index (κ3) is 5.52. The molecule has 1 aliphatic heterocycles. The maximum absolute atomic E-state index is 9.31. The molecular formula is C18H29N3O2. The van der Waals surface area contributed by atoms with Gasteiger partial charge in [0.15, 0.2) is 5.96 Å². The van der Waals surface area contributed by atoms with Crippen molar-refractivity contribution in [3.63, 3.8) is 0 Å². The lowest BCUT2D eigenvalue weighted by molar-refractivity contribution is 0.127. The van der Waals surface area contributed by atoms with Crippen LogP contribution in [0.3, 0.4) is 0 Å². The topological polar surface area (TPSA) is 65.9 Å². The Labute approximate surface area is 139 Å². The van der Waals surface area contributed by atoms with Crippen molar-refractivity contribution in [1.82, 2.24) is 10.6 Å². The fourth-order valence-electron chi connectivity index (χ4n) is 2.79. The molecule has 1 aliphatic rings. The van der Waals surface area contributed by atoms with Gasteiger partial charge in [-0.15, -0.1) is 0 Å². The average molecular weight is 319 g/mol. The Bertz CT molecular complexity index is 493. The molecule has 0 radical (unpaired) electrons. The van der Waals surface area contributed by atoms with E-state index in [-0.39, 0.29) is 12.0 Å². The molecule has 2 rings (SSSR count). The molecule has 5 heteroatoms. The van der Waals surface area contributed by atoms with Crippen LogP contribution in [0.1, 0.15) is 30.9 Å². The normalized spacial score (nSPS) is 21.4.